The fourth-order valence-electron chi connectivity index (χ4n) is 1.80. The normalized spacial score (nSPS) is 10.6. The summed E-state index contributed by atoms with van der Waals surface area (Å²) >= 11 is 0. The van der Waals surface area contributed by atoms with Gasteiger partial charge in [-0.2, -0.15) is 0 Å². The summed E-state index contributed by atoms with van der Waals surface area (Å²) in [6.45, 7) is 5.46. The van der Waals surface area contributed by atoms with Crippen molar-refractivity contribution in [1.29, 1.82) is 0 Å². The van der Waals surface area contributed by atoms with Gasteiger partial charge < -0.3 is 10.6 Å². The second-order valence-electron chi connectivity index (χ2n) is 4.49. The molecule has 0 unspecified atom stereocenters. The van der Waals surface area contributed by atoms with E-state index < -0.39 is 0 Å². The minimum atomic E-state index is 0.180. The summed E-state index contributed by atoms with van der Waals surface area (Å²) in [6.07, 6.45) is 1.34. The number of nitrogens with zero attached hydrogens (tertiary/aromatic N) is 1. The fraction of sp³-hybridized carbons (Fsp3) is 0.500. The lowest BCUT2D eigenvalue weighted by molar-refractivity contribution is -0.132. The Morgan fingerprint density at radius 2 is 1.94 bits per heavy atom. The molecule has 0 aliphatic rings. The predicted molar refractivity (Wildman–Crippen MR) is 70.7 cm³/mol. The van der Waals surface area contributed by atoms with Crippen LogP contribution in [0.15, 0.2) is 30.3 Å². The molecule has 0 radical (unpaired) electrons. The highest BCUT2D eigenvalue weighted by molar-refractivity contribution is 5.79. The molecule has 0 aliphatic carbocycles. The van der Waals surface area contributed by atoms with Gasteiger partial charge in [-0.1, -0.05) is 30.3 Å². The third-order valence-electron chi connectivity index (χ3n) is 2.75. The first-order valence-corrected chi connectivity index (χ1v) is 6.18. The number of nitrogens with two attached hydrogens (primary N) is 1. The maximum absolute atomic E-state index is 12.1. The van der Waals surface area contributed by atoms with E-state index >= 15 is 0 Å². The summed E-state index contributed by atoms with van der Waals surface area (Å²) in [5.41, 5.74) is 6.56. The van der Waals surface area contributed by atoms with Crippen LogP contribution in [0, 0.1) is 0 Å². The van der Waals surface area contributed by atoms with E-state index in [1.54, 1.807) is 0 Å². The van der Waals surface area contributed by atoms with Crippen LogP contribution in [0.4, 0.5) is 0 Å². The average Bonchev–Trinajstić information content (AvgIpc) is 2.30. The molecule has 0 bridgehead atoms. The van der Waals surface area contributed by atoms with Crippen molar-refractivity contribution < 1.29 is 4.79 Å². The van der Waals surface area contributed by atoms with Crippen LogP contribution in [0.2, 0.25) is 0 Å². The van der Waals surface area contributed by atoms with Gasteiger partial charge in [0.25, 0.3) is 0 Å². The second kappa shape index (κ2) is 7.07. The largest absolute Gasteiger partial charge is 0.340 e. The zero-order valence-corrected chi connectivity index (χ0v) is 10.7. The van der Waals surface area contributed by atoms with E-state index in [1.165, 1.54) is 0 Å². The van der Waals surface area contributed by atoms with Crippen LogP contribution in [0.5, 0.6) is 0 Å². The molecule has 1 rings (SSSR count). The molecule has 0 aliphatic heterocycles. The van der Waals surface area contributed by atoms with Gasteiger partial charge in [0, 0.05) is 12.6 Å². The minimum Gasteiger partial charge on any atom is -0.340 e. The molecular weight excluding hydrogens is 212 g/mol. The maximum atomic E-state index is 12.1. The van der Waals surface area contributed by atoms with E-state index in [1.807, 2.05) is 49.1 Å². The Labute approximate surface area is 104 Å². The summed E-state index contributed by atoms with van der Waals surface area (Å²) in [7, 11) is 0. The number of hydrogen-bond acceptors (Lipinski definition) is 2. The van der Waals surface area contributed by atoms with E-state index in [2.05, 4.69) is 0 Å². The van der Waals surface area contributed by atoms with Crippen molar-refractivity contribution in [2.75, 3.05) is 13.1 Å². The Hall–Kier alpha value is -1.35. The molecule has 0 atom stereocenters. The summed E-state index contributed by atoms with van der Waals surface area (Å²) < 4.78 is 0. The van der Waals surface area contributed by atoms with Crippen molar-refractivity contribution in [3.8, 4) is 0 Å². The highest BCUT2D eigenvalue weighted by atomic mass is 16.2. The number of carbonyl (C=O) groups is 1. The molecule has 0 heterocycles. The van der Waals surface area contributed by atoms with Crippen molar-refractivity contribution in [3.05, 3.63) is 35.9 Å². The third-order valence-corrected chi connectivity index (χ3v) is 2.75. The Morgan fingerprint density at radius 3 is 2.47 bits per heavy atom. The molecule has 1 aromatic rings. The van der Waals surface area contributed by atoms with Crippen LogP contribution in [-0.4, -0.2) is 29.9 Å². The molecular formula is C14H22N2O. The Kier molecular flexibility index (Phi) is 5.70. The zero-order chi connectivity index (χ0) is 12.7. The Morgan fingerprint density at radius 1 is 1.29 bits per heavy atom. The summed E-state index contributed by atoms with van der Waals surface area (Å²) in [5.74, 6) is 0.180. The Bertz CT molecular complexity index is 335. The average molecular weight is 234 g/mol. The first-order chi connectivity index (χ1) is 8.15. The molecule has 0 aromatic heterocycles. The first kappa shape index (κ1) is 13.7. The number of benzene rings is 1. The lowest BCUT2D eigenvalue weighted by Crippen LogP contribution is -2.39. The summed E-state index contributed by atoms with van der Waals surface area (Å²) in [6, 6.07) is 10.1. The van der Waals surface area contributed by atoms with Gasteiger partial charge in [-0.3, -0.25) is 4.79 Å². The first-order valence-electron chi connectivity index (χ1n) is 6.18. The predicted octanol–water partition coefficient (Wildman–Crippen LogP) is 1.81. The van der Waals surface area contributed by atoms with Gasteiger partial charge in [-0.15, -0.1) is 0 Å². The zero-order valence-electron chi connectivity index (χ0n) is 10.7. The molecule has 0 fully saturated rings. The topological polar surface area (TPSA) is 46.3 Å². The van der Waals surface area contributed by atoms with Crippen LogP contribution in [-0.2, 0) is 11.2 Å². The fourth-order valence-corrected chi connectivity index (χ4v) is 1.80. The van der Waals surface area contributed by atoms with Crippen molar-refractivity contribution in [2.24, 2.45) is 5.73 Å². The van der Waals surface area contributed by atoms with Crippen molar-refractivity contribution in [2.45, 2.75) is 32.7 Å². The Balaban J connectivity index is 2.59. The molecule has 3 heteroatoms. The molecule has 1 amide bonds. The van der Waals surface area contributed by atoms with Gasteiger partial charge in [-0.25, -0.2) is 0 Å². The van der Waals surface area contributed by atoms with E-state index in [0.717, 1.165) is 18.5 Å². The summed E-state index contributed by atoms with van der Waals surface area (Å²) in [4.78, 5) is 14.0. The quantitative estimate of drug-likeness (QED) is 0.816. The molecule has 1 aromatic carbocycles. The maximum Gasteiger partial charge on any atom is 0.227 e. The molecule has 0 saturated heterocycles. The van der Waals surface area contributed by atoms with Crippen molar-refractivity contribution >= 4 is 5.91 Å². The standard InChI is InChI=1S/C14H22N2O/c1-12(2)16(10-6-9-15)14(17)11-13-7-4-3-5-8-13/h3-5,7-8,12H,6,9-11,15H2,1-2H3. The highest BCUT2D eigenvalue weighted by Gasteiger charge is 2.16. The van der Waals surface area contributed by atoms with Gasteiger partial charge >= 0.3 is 0 Å². The highest BCUT2D eigenvalue weighted by Crippen LogP contribution is 2.06. The minimum absolute atomic E-state index is 0.180. The van der Waals surface area contributed by atoms with Gasteiger partial charge in [0.15, 0.2) is 0 Å². The van der Waals surface area contributed by atoms with E-state index in [-0.39, 0.29) is 11.9 Å². The number of carbonyl (C=O) groups excluding carboxylic acids is 1. The van der Waals surface area contributed by atoms with E-state index in [4.69, 9.17) is 5.73 Å². The van der Waals surface area contributed by atoms with E-state index in [0.29, 0.717) is 13.0 Å². The monoisotopic (exact) mass is 234 g/mol. The SMILES string of the molecule is CC(C)N(CCCN)C(=O)Cc1ccccc1. The van der Waals surface area contributed by atoms with Crippen molar-refractivity contribution in [1.82, 2.24) is 4.90 Å². The molecule has 0 saturated carbocycles. The van der Waals surface area contributed by atoms with Gasteiger partial charge in [0.05, 0.1) is 6.42 Å². The van der Waals surface area contributed by atoms with Gasteiger partial charge in [0.2, 0.25) is 5.91 Å². The molecule has 3 nitrogen and oxygen atoms in total. The molecule has 0 spiro atoms. The van der Waals surface area contributed by atoms with Crippen LogP contribution in [0.1, 0.15) is 25.8 Å². The summed E-state index contributed by atoms with van der Waals surface area (Å²) in [5, 5.41) is 0. The molecule has 17 heavy (non-hydrogen) atoms. The molecule has 94 valence electrons. The number of amides is 1. The lowest BCUT2D eigenvalue weighted by atomic mass is 10.1. The molecule has 2 N–H and O–H groups in total. The smallest absolute Gasteiger partial charge is 0.227 e. The number of hydrogen-bond donors (Lipinski definition) is 1. The third kappa shape index (κ3) is 4.57. The van der Waals surface area contributed by atoms with Crippen LogP contribution in [0.3, 0.4) is 0 Å². The van der Waals surface area contributed by atoms with Gasteiger partial charge in [0.1, 0.15) is 0 Å². The lowest BCUT2D eigenvalue weighted by Gasteiger charge is -2.26. The van der Waals surface area contributed by atoms with E-state index in [9.17, 15) is 4.79 Å². The van der Waals surface area contributed by atoms with Crippen LogP contribution >= 0.6 is 0 Å². The van der Waals surface area contributed by atoms with Crippen molar-refractivity contribution in [3.63, 3.8) is 0 Å². The van der Waals surface area contributed by atoms with Crippen LogP contribution in [0.25, 0.3) is 0 Å². The number of rotatable bonds is 6. The second-order valence-corrected chi connectivity index (χ2v) is 4.49. The van der Waals surface area contributed by atoms with Gasteiger partial charge in [-0.05, 0) is 32.4 Å². The van der Waals surface area contributed by atoms with Crippen LogP contribution < -0.4 is 5.73 Å².